The number of nitrogens with zero attached hydrogens (tertiary/aromatic N) is 2. The molecule has 0 heterocycles. The van der Waals surface area contributed by atoms with Crippen LogP contribution in [0.15, 0.2) is 53.6 Å². The van der Waals surface area contributed by atoms with Crippen molar-refractivity contribution in [3.05, 3.63) is 69.8 Å². The van der Waals surface area contributed by atoms with Gasteiger partial charge in [0.1, 0.15) is 11.3 Å². The third kappa shape index (κ3) is 3.41. The first-order valence-corrected chi connectivity index (χ1v) is 5.94. The molecule has 106 valence electrons. The number of hydrogen-bond acceptors (Lipinski definition) is 5. The summed E-state index contributed by atoms with van der Waals surface area (Å²) in [7, 11) is 0. The van der Waals surface area contributed by atoms with E-state index in [4.69, 9.17) is 0 Å². The van der Waals surface area contributed by atoms with Gasteiger partial charge in [-0.15, -0.1) is 0 Å². The van der Waals surface area contributed by atoms with Gasteiger partial charge in [0.15, 0.2) is 0 Å². The summed E-state index contributed by atoms with van der Waals surface area (Å²) in [6.07, 6.45) is 1.25. The number of nitro benzene ring substituents is 1. The molecule has 0 radical (unpaired) electrons. The van der Waals surface area contributed by atoms with Crippen molar-refractivity contribution in [1.29, 1.82) is 0 Å². The Labute approximate surface area is 119 Å². The molecule has 0 atom stereocenters. The van der Waals surface area contributed by atoms with Gasteiger partial charge in [0.05, 0.1) is 11.1 Å². The first-order chi connectivity index (χ1) is 10.1. The highest BCUT2D eigenvalue weighted by Crippen LogP contribution is 2.17. The lowest BCUT2D eigenvalue weighted by Gasteiger charge is -2.01. The lowest BCUT2D eigenvalue weighted by molar-refractivity contribution is -0.385. The quantitative estimate of drug-likeness (QED) is 0.509. The van der Waals surface area contributed by atoms with Crippen LogP contribution in [-0.2, 0) is 0 Å². The number of phenolic OH excluding ortho intramolecular Hbond substituents is 1. The van der Waals surface area contributed by atoms with Gasteiger partial charge in [-0.1, -0.05) is 24.3 Å². The number of amides is 1. The number of carbonyl (C=O) groups is 1. The maximum Gasteiger partial charge on any atom is 0.282 e. The van der Waals surface area contributed by atoms with Crippen molar-refractivity contribution in [3.8, 4) is 5.75 Å². The predicted molar refractivity (Wildman–Crippen MR) is 76.3 cm³/mol. The van der Waals surface area contributed by atoms with E-state index >= 15 is 0 Å². The summed E-state index contributed by atoms with van der Waals surface area (Å²) in [5.41, 5.74) is 2.22. The number of nitrogens with one attached hydrogen (secondary N) is 1. The second-order valence-corrected chi connectivity index (χ2v) is 4.03. The predicted octanol–water partition coefficient (Wildman–Crippen LogP) is 2.06. The summed E-state index contributed by atoms with van der Waals surface area (Å²) in [4.78, 5) is 22.0. The van der Waals surface area contributed by atoms with Gasteiger partial charge in [0, 0.05) is 11.6 Å². The number of carbonyl (C=O) groups excluding carboxylic acids is 1. The van der Waals surface area contributed by atoms with E-state index in [1.807, 2.05) is 0 Å². The normalized spacial score (nSPS) is 10.5. The van der Waals surface area contributed by atoms with Gasteiger partial charge in [0.2, 0.25) is 0 Å². The van der Waals surface area contributed by atoms with E-state index in [1.165, 1.54) is 36.5 Å². The van der Waals surface area contributed by atoms with E-state index < -0.39 is 10.8 Å². The van der Waals surface area contributed by atoms with Gasteiger partial charge in [-0.25, -0.2) is 5.43 Å². The third-order valence-electron chi connectivity index (χ3n) is 2.65. The standard InChI is InChI=1S/C14H11N3O4/c18-13-8-4-1-5-10(13)9-15-16-14(19)11-6-2-3-7-12(11)17(20)21/h1-9,18H,(H,16,19)/b15-9+. The van der Waals surface area contributed by atoms with E-state index in [0.29, 0.717) is 5.56 Å². The zero-order chi connectivity index (χ0) is 15.2. The molecular formula is C14H11N3O4. The van der Waals surface area contributed by atoms with Crippen LogP contribution in [0, 0.1) is 10.1 Å². The van der Waals surface area contributed by atoms with Crippen LogP contribution in [0.3, 0.4) is 0 Å². The molecule has 2 rings (SSSR count). The molecular weight excluding hydrogens is 274 g/mol. The molecule has 7 nitrogen and oxygen atoms in total. The van der Waals surface area contributed by atoms with E-state index in [9.17, 15) is 20.0 Å². The molecule has 0 aliphatic rings. The molecule has 0 bridgehead atoms. The molecule has 2 aromatic carbocycles. The van der Waals surface area contributed by atoms with Crippen molar-refractivity contribution in [2.75, 3.05) is 0 Å². The molecule has 0 unspecified atom stereocenters. The largest absolute Gasteiger partial charge is 0.507 e. The minimum Gasteiger partial charge on any atom is -0.507 e. The minimum atomic E-state index is -0.700. The van der Waals surface area contributed by atoms with Gasteiger partial charge in [-0.3, -0.25) is 14.9 Å². The van der Waals surface area contributed by atoms with Crippen LogP contribution >= 0.6 is 0 Å². The van der Waals surface area contributed by atoms with E-state index in [1.54, 1.807) is 18.2 Å². The first-order valence-electron chi connectivity index (χ1n) is 5.94. The molecule has 2 N–H and O–H groups in total. The Morgan fingerprint density at radius 2 is 1.86 bits per heavy atom. The summed E-state index contributed by atoms with van der Waals surface area (Å²) >= 11 is 0. The van der Waals surface area contributed by atoms with E-state index in [0.717, 1.165) is 0 Å². The zero-order valence-corrected chi connectivity index (χ0v) is 10.8. The number of hydrazone groups is 1. The summed E-state index contributed by atoms with van der Waals surface area (Å²) in [6.45, 7) is 0. The Morgan fingerprint density at radius 1 is 1.19 bits per heavy atom. The van der Waals surface area contributed by atoms with Crippen molar-refractivity contribution in [2.24, 2.45) is 5.10 Å². The fourth-order valence-electron chi connectivity index (χ4n) is 1.64. The highest BCUT2D eigenvalue weighted by Gasteiger charge is 2.18. The number of hydrogen-bond donors (Lipinski definition) is 2. The summed E-state index contributed by atoms with van der Waals surface area (Å²) in [5, 5.41) is 24.0. The van der Waals surface area contributed by atoms with Gasteiger partial charge in [-0.2, -0.15) is 5.10 Å². The van der Waals surface area contributed by atoms with Crippen LogP contribution in [0.4, 0.5) is 5.69 Å². The number of phenols is 1. The fourth-order valence-corrected chi connectivity index (χ4v) is 1.64. The minimum absolute atomic E-state index is 0.0150. The molecule has 0 aliphatic carbocycles. The average Bonchev–Trinajstić information content (AvgIpc) is 2.49. The Morgan fingerprint density at radius 3 is 2.57 bits per heavy atom. The fraction of sp³-hybridized carbons (Fsp3) is 0. The van der Waals surface area contributed by atoms with Crippen molar-refractivity contribution < 1.29 is 14.8 Å². The number of para-hydroxylation sites is 2. The molecule has 7 heteroatoms. The van der Waals surface area contributed by atoms with Crippen molar-refractivity contribution in [3.63, 3.8) is 0 Å². The van der Waals surface area contributed by atoms with Crippen LogP contribution < -0.4 is 5.43 Å². The molecule has 1 amide bonds. The second kappa shape index (κ2) is 6.29. The van der Waals surface area contributed by atoms with Crippen LogP contribution in [0.2, 0.25) is 0 Å². The number of rotatable bonds is 4. The van der Waals surface area contributed by atoms with Crippen LogP contribution in [0.1, 0.15) is 15.9 Å². The van der Waals surface area contributed by atoms with E-state index in [2.05, 4.69) is 10.5 Å². The maximum atomic E-state index is 11.9. The number of aromatic hydroxyl groups is 1. The van der Waals surface area contributed by atoms with Gasteiger partial charge >= 0.3 is 0 Å². The van der Waals surface area contributed by atoms with E-state index in [-0.39, 0.29) is 17.0 Å². The Hall–Kier alpha value is -3.22. The smallest absolute Gasteiger partial charge is 0.282 e. The third-order valence-corrected chi connectivity index (χ3v) is 2.65. The Balaban J connectivity index is 2.13. The first kappa shape index (κ1) is 14.2. The zero-order valence-electron chi connectivity index (χ0n) is 10.8. The number of benzene rings is 2. The lowest BCUT2D eigenvalue weighted by atomic mass is 10.2. The van der Waals surface area contributed by atoms with Crippen molar-refractivity contribution >= 4 is 17.8 Å². The monoisotopic (exact) mass is 285 g/mol. The lowest BCUT2D eigenvalue weighted by Crippen LogP contribution is -2.18. The van der Waals surface area contributed by atoms with Crippen LogP contribution in [-0.4, -0.2) is 22.2 Å². The van der Waals surface area contributed by atoms with Gasteiger partial charge in [0.25, 0.3) is 11.6 Å². The summed E-state index contributed by atoms with van der Waals surface area (Å²) < 4.78 is 0. The average molecular weight is 285 g/mol. The molecule has 0 saturated heterocycles. The summed E-state index contributed by atoms with van der Waals surface area (Å²) in [5.74, 6) is -0.685. The molecule has 21 heavy (non-hydrogen) atoms. The maximum absolute atomic E-state index is 11.9. The molecule has 0 aliphatic heterocycles. The molecule has 0 aromatic heterocycles. The van der Waals surface area contributed by atoms with Crippen LogP contribution in [0.25, 0.3) is 0 Å². The second-order valence-electron chi connectivity index (χ2n) is 4.03. The molecule has 0 spiro atoms. The van der Waals surface area contributed by atoms with Gasteiger partial charge < -0.3 is 5.11 Å². The number of nitro groups is 1. The Bertz CT molecular complexity index is 713. The SMILES string of the molecule is O=C(N/N=C/c1ccccc1O)c1ccccc1[N+](=O)[O-]. The Kier molecular flexibility index (Phi) is 4.25. The van der Waals surface area contributed by atoms with Crippen LogP contribution in [0.5, 0.6) is 5.75 Å². The topological polar surface area (TPSA) is 105 Å². The molecule has 0 fully saturated rings. The summed E-state index contributed by atoms with van der Waals surface area (Å²) in [6, 6.07) is 12.0. The van der Waals surface area contributed by atoms with Gasteiger partial charge in [-0.05, 0) is 18.2 Å². The highest BCUT2D eigenvalue weighted by atomic mass is 16.6. The highest BCUT2D eigenvalue weighted by molar-refractivity contribution is 5.98. The van der Waals surface area contributed by atoms with Crippen molar-refractivity contribution in [2.45, 2.75) is 0 Å². The molecule has 2 aromatic rings. The van der Waals surface area contributed by atoms with Crippen molar-refractivity contribution in [1.82, 2.24) is 5.43 Å². The molecule has 0 saturated carbocycles.